The maximum Gasteiger partial charge on any atom is 0.255 e. The second-order valence-corrected chi connectivity index (χ2v) is 9.53. The number of carbonyl (C=O) groups is 3. The van der Waals surface area contributed by atoms with E-state index in [1.807, 2.05) is 12.1 Å². The lowest BCUT2D eigenvalue weighted by Crippen LogP contribution is -2.52. The highest BCUT2D eigenvalue weighted by atomic mass is 16.2. The van der Waals surface area contributed by atoms with E-state index in [1.54, 1.807) is 4.90 Å². The number of nitrogens with zero attached hydrogens (tertiary/aromatic N) is 2. The maximum absolute atomic E-state index is 13.0. The normalized spacial score (nSPS) is 28.8. The van der Waals surface area contributed by atoms with Crippen LogP contribution in [0.15, 0.2) is 18.2 Å². The minimum atomic E-state index is -0.556. The lowest BCUT2D eigenvalue weighted by atomic mass is 9.74. The Labute approximate surface area is 177 Å². The van der Waals surface area contributed by atoms with Gasteiger partial charge in [0, 0.05) is 31.1 Å². The fourth-order valence-corrected chi connectivity index (χ4v) is 5.90. The molecule has 1 aromatic rings. The Bertz CT molecular complexity index is 890. The van der Waals surface area contributed by atoms with Crippen LogP contribution < -0.4 is 11.1 Å². The van der Waals surface area contributed by atoms with Crippen molar-refractivity contribution in [2.75, 3.05) is 13.1 Å². The maximum atomic E-state index is 13.0. The quantitative estimate of drug-likeness (QED) is 0.737. The molecule has 5 rings (SSSR count). The van der Waals surface area contributed by atoms with E-state index in [4.69, 9.17) is 5.73 Å². The van der Waals surface area contributed by atoms with Gasteiger partial charge in [0.25, 0.3) is 5.91 Å². The van der Waals surface area contributed by atoms with Gasteiger partial charge >= 0.3 is 0 Å². The molecule has 2 saturated heterocycles. The van der Waals surface area contributed by atoms with Crippen LogP contribution in [0.1, 0.15) is 66.4 Å². The second-order valence-electron chi connectivity index (χ2n) is 9.53. The molecule has 0 aromatic heterocycles. The minimum Gasteiger partial charge on any atom is -0.327 e. The zero-order valence-corrected chi connectivity index (χ0v) is 17.4. The lowest BCUT2D eigenvalue weighted by Gasteiger charge is -2.42. The number of rotatable bonds is 3. The Hall–Kier alpha value is -2.25. The van der Waals surface area contributed by atoms with Crippen LogP contribution in [-0.4, -0.2) is 52.7 Å². The van der Waals surface area contributed by atoms with Gasteiger partial charge in [-0.1, -0.05) is 18.6 Å². The second kappa shape index (κ2) is 7.46. The molecule has 1 saturated carbocycles. The summed E-state index contributed by atoms with van der Waals surface area (Å²) < 4.78 is 0. The van der Waals surface area contributed by atoms with Crippen LogP contribution in [0.4, 0.5) is 0 Å². The van der Waals surface area contributed by atoms with Crippen molar-refractivity contribution >= 4 is 17.7 Å². The van der Waals surface area contributed by atoms with Crippen molar-refractivity contribution in [3.63, 3.8) is 0 Å². The van der Waals surface area contributed by atoms with Crippen molar-refractivity contribution in [3.8, 4) is 0 Å². The summed E-state index contributed by atoms with van der Waals surface area (Å²) in [5.74, 6) is -0.722. The molecule has 1 aliphatic carbocycles. The van der Waals surface area contributed by atoms with Gasteiger partial charge in [-0.2, -0.15) is 0 Å². The third-order valence-corrected chi connectivity index (χ3v) is 7.83. The van der Waals surface area contributed by atoms with E-state index < -0.39 is 6.04 Å². The first-order valence-electron chi connectivity index (χ1n) is 11.2. The Morgan fingerprint density at radius 1 is 1.10 bits per heavy atom. The zero-order chi connectivity index (χ0) is 20.9. The molecule has 3 N–H and O–H groups in total. The molecule has 3 aliphatic heterocycles. The molecule has 0 radical (unpaired) electrons. The summed E-state index contributed by atoms with van der Waals surface area (Å²) in [5, 5.41) is 2.36. The Balaban J connectivity index is 1.24. The van der Waals surface area contributed by atoms with Crippen molar-refractivity contribution < 1.29 is 14.4 Å². The van der Waals surface area contributed by atoms with Crippen molar-refractivity contribution in [2.24, 2.45) is 11.1 Å². The first-order valence-corrected chi connectivity index (χ1v) is 11.2. The van der Waals surface area contributed by atoms with E-state index in [2.05, 4.69) is 16.3 Å². The molecule has 3 heterocycles. The number of fused-ring (bicyclic) bond motifs is 1. The van der Waals surface area contributed by atoms with Crippen LogP contribution in [0.3, 0.4) is 0 Å². The lowest BCUT2D eigenvalue weighted by molar-refractivity contribution is -0.136. The molecule has 0 bridgehead atoms. The standard InChI is InChI=1S/C23H30N4O3/c24-19-2-1-7-23(19)8-10-26(11-9-23)13-15-3-4-16-14-27(22(30)17(16)12-15)18-5-6-20(28)25-21(18)29/h3-4,12,18-19H,1-2,5-11,13-14,24H2,(H,25,28,29). The van der Waals surface area contributed by atoms with E-state index in [9.17, 15) is 14.4 Å². The molecule has 1 aromatic carbocycles. The molecule has 2 atom stereocenters. The molecule has 30 heavy (non-hydrogen) atoms. The van der Waals surface area contributed by atoms with Crippen LogP contribution in [0.5, 0.6) is 0 Å². The molecule has 160 valence electrons. The molecule has 7 heteroatoms. The summed E-state index contributed by atoms with van der Waals surface area (Å²) in [7, 11) is 0. The smallest absolute Gasteiger partial charge is 0.255 e. The van der Waals surface area contributed by atoms with E-state index in [0.29, 0.717) is 30.0 Å². The van der Waals surface area contributed by atoms with E-state index in [0.717, 1.165) is 37.2 Å². The summed E-state index contributed by atoms with van der Waals surface area (Å²) >= 11 is 0. The number of amides is 3. The molecule has 3 fully saturated rings. The fourth-order valence-electron chi connectivity index (χ4n) is 5.90. The average Bonchev–Trinajstić information content (AvgIpc) is 3.24. The summed E-state index contributed by atoms with van der Waals surface area (Å²) in [6.45, 7) is 3.39. The number of hydrogen-bond acceptors (Lipinski definition) is 5. The number of nitrogens with two attached hydrogens (primary N) is 1. The third-order valence-electron chi connectivity index (χ3n) is 7.83. The van der Waals surface area contributed by atoms with E-state index in [1.165, 1.54) is 25.7 Å². The van der Waals surface area contributed by atoms with Crippen molar-refractivity contribution in [2.45, 2.75) is 70.1 Å². The predicted molar refractivity (Wildman–Crippen MR) is 111 cm³/mol. The van der Waals surface area contributed by atoms with Gasteiger partial charge in [-0.25, -0.2) is 0 Å². The zero-order valence-electron chi connectivity index (χ0n) is 17.4. The van der Waals surface area contributed by atoms with Gasteiger partial charge in [0.15, 0.2) is 0 Å². The third kappa shape index (κ3) is 3.34. The minimum absolute atomic E-state index is 0.101. The van der Waals surface area contributed by atoms with Crippen LogP contribution in [0, 0.1) is 5.41 Å². The van der Waals surface area contributed by atoms with Crippen molar-refractivity contribution in [1.82, 2.24) is 15.1 Å². The van der Waals surface area contributed by atoms with Crippen LogP contribution in [0.2, 0.25) is 0 Å². The monoisotopic (exact) mass is 410 g/mol. The number of hydrogen-bond donors (Lipinski definition) is 2. The van der Waals surface area contributed by atoms with Gasteiger partial charge in [-0.05, 0) is 67.8 Å². The summed E-state index contributed by atoms with van der Waals surface area (Å²) in [6, 6.07) is 5.92. The highest BCUT2D eigenvalue weighted by Crippen LogP contribution is 2.45. The topological polar surface area (TPSA) is 95.7 Å². The van der Waals surface area contributed by atoms with Crippen LogP contribution in [0.25, 0.3) is 0 Å². The van der Waals surface area contributed by atoms with Crippen LogP contribution >= 0.6 is 0 Å². The Kier molecular flexibility index (Phi) is 4.90. The molecule has 3 amide bonds. The number of likely N-dealkylation sites (tertiary alicyclic amines) is 1. The largest absolute Gasteiger partial charge is 0.327 e. The van der Waals surface area contributed by atoms with Crippen LogP contribution in [-0.2, 0) is 22.7 Å². The van der Waals surface area contributed by atoms with Crippen molar-refractivity contribution in [1.29, 1.82) is 0 Å². The average molecular weight is 411 g/mol. The van der Waals surface area contributed by atoms with Gasteiger partial charge in [0.2, 0.25) is 11.8 Å². The van der Waals surface area contributed by atoms with Gasteiger partial charge < -0.3 is 10.6 Å². The van der Waals surface area contributed by atoms with Gasteiger partial charge in [-0.3, -0.25) is 24.6 Å². The molecule has 7 nitrogen and oxygen atoms in total. The number of piperidine rings is 2. The Morgan fingerprint density at radius 3 is 2.60 bits per heavy atom. The van der Waals surface area contributed by atoms with E-state index >= 15 is 0 Å². The van der Waals surface area contributed by atoms with Crippen molar-refractivity contribution in [3.05, 3.63) is 34.9 Å². The first kappa shape index (κ1) is 19.7. The molecule has 2 unspecified atom stereocenters. The fraction of sp³-hybridized carbons (Fsp3) is 0.609. The van der Waals surface area contributed by atoms with Gasteiger partial charge in [-0.15, -0.1) is 0 Å². The molecule has 1 spiro atoms. The Morgan fingerprint density at radius 2 is 1.90 bits per heavy atom. The molecule has 4 aliphatic rings. The summed E-state index contributed by atoms with van der Waals surface area (Å²) in [5.41, 5.74) is 9.55. The number of nitrogens with one attached hydrogen (secondary N) is 1. The van der Waals surface area contributed by atoms with Gasteiger partial charge in [0.05, 0.1) is 0 Å². The summed E-state index contributed by atoms with van der Waals surface area (Å²) in [4.78, 5) is 40.7. The predicted octanol–water partition coefficient (Wildman–Crippen LogP) is 1.54. The summed E-state index contributed by atoms with van der Waals surface area (Å²) in [6.07, 6.45) is 6.71. The molecular weight excluding hydrogens is 380 g/mol. The molecular formula is C23H30N4O3. The highest BCUT2D eigenvalue weighted by molar-refractivity contribution is 6.05. The number of imide groups is 1. The number of benzene rings is 1. The SMILES string of the molecule is NC1CCCC12CCN(Cc1ccc3c(c1)C(=O)N(C1CCC(=O)NC1=O)C3)CC2. The first-order chi connectivity index (χ1) is 14.4. The van der Waals surface area contributed by atoms with Gasteiger partial charge in [0.1, 0.15) is 6.04 Å². The van der Waals surface area contributed by atoms with E-state index in [-0.39, 0.29) is 24.1 Å². The number of carbonyl (C=O) groups excluding carboxylic acids is 3. The highest BCUT2D eigenvalue weighted by Gasteiger charge is 2.43.